The number of carbonyl (C=O) groups excluding carboxylic acids is 1. The molecule has 0 radical (unpaired) electrons. The van der Waals surface area contributed by atoms with Crippen molar-refractivity contribution in [1.29, 1.82) is 0 Å². The lowest BCUT2D eigenvalue weighted by atomic mass is 10.1. The SMILES string of the molecule is CCn1c(=O)[nH]c(=O)c2c(C(=O)NCc3ccccc3Cn3cccn3)cc(C3CC3)nc21. The average molecular weight is 444 g/mol. The van der Waals surface area contributed by atoms with Crippen LogP contribution in [-0.2, 0) is 19.6 Å². The van der Waals surface area contributed by atoms with Gasteiger partial charge in [-0.3, -0.25) is 23.8 Å². The molecule has 0 saturated heterocycles. The van der Waals surface area contributed by atoms with Crippen LogP contribution >= 0.6 is 0 Å². The molecule has 1 amide bonds. The molecule has 4 aromatic rings. The fourth-order valence-electron chi connectivity index (χ4n) is 4.08. The number of aryl methyl sites for hydroxylation is 1. The monoisotopic (exact) mass is 444 g/mol. The van der Waals surface area contributed by atoms with Crippen molar-refractivity contribution in [1.82, 2.24) is 29.6 Å². The van der Waals surface area contributed by atoms with E-state index >= 15 is 0 Å². The van der Waals surface area contributed by atoms with Gasteiger partial charge in [0.15, 0.2) is 5.65 Å². The highest BCUT2D eigenvalue weighted by Crippen LogP contribution is 2.39. The Morgan fingerprint density at radius 2 is 1.97 bits per heavy atom. The number of carbonyl (C=O) groups is 1. The average Bonchev–Trinajstić information content (AvgIpc) is 3.54. The minimum absolute atomic E-state index is 0.142. The molecule has 1 aromatic carbocycles. The first kappa shape index (κ1) is 20.9. The standard InChI is InChI=1S/C24H24N6O3/c1-2-30-21-20(23(32)28-24(30)33)18(12-19(27-21)15-8-9-15)22(31)25-13-16-6-3-4-7-17(16)14-29-11-5-10-26-29/h3-7,10-12,15H,2,8-9,13-14H2,1H3,(H,25,31)(H,28,32,33). The molecule has 1 saturated carbocycles. The lowest BCUT2D eigenvalue weighted by Crippen LogP contribution is -2.33. The first-order valence-corrected chi connectivity index (χ1v) is 11.0. The molecule has 2 N–H and O–H groups in total. The van der Waals surface area contributed by atoms with Crippen molar-refractivity contribution in [2.45, 2.75) is 45.3 Å². The second-order valence-corrected chi connectivity index (χ2v) is 8.23. The zero-order valence-corrected chi connectivity index (χ0v) is 18.2. The highest BCUT2D eigenvalue weighted by atomic mass is 16.2. The van der Waals surface area contributed by atoms with E-state index in [9.17, 15) is 14.4 Å². The number of fused-ring (bicyclic) bond motifs is 1. The maximum atomic E-state index is 13.3. The van der Waals surface area contributed by atoms with Gasteiger partial charge in [0.25, 0.3) is 11.5 Å². The third kappa shape index (κ3) is 4.09. The molecule has 9 nitrogen and oxygen atoms in total. The zero-order valence-electron chi connectivity index (χ0n) is 18.2. The molecular formula is C24H24N6O3. The van der Waals surface area contributed by atoms with Crippen LogP contribution in [0.2, 0.25) is 0 Å². The third-order valence-corrected chi connectivity index (χ3v) is 5.97. The Bertz CT molecular complexity index is 1450. The number of benzene rings is 1. The van der Waals surface area contributed by atoms with Gasteiger partial charge in [0.1, 0.15) is 0 Å². The fourth-order valence-corrected chi connectivity index (χ4v) is 4.08. The van der Waals surface area contributed by atoms with Crippen molar-refractivity contribution < 1.29 is 4.79 Å². The molecule has 0 spiro atoms. The van der Waals surface area contributed by atoms with Gasteiger partial charge < -0.3 is 5.32 Å². The van der Waals surface area contributed by atoms with E-state index in [4.69, 9.17) is 0 Å². The zero-order chi connectivity index (χ0) is 22.9. The number of nitrogens with one attached hydrogen (secondary N) is 2. The van der Waals surface area contributed by atoms with Gasteiger partial charge in [-0.15, -0.1) is 0 Å². The van der Waals surface area contributed by atoms with E-state index in [-0.39, 0.29) is 28.4 Å². The predicted octanol–water partition coefficient (Wildman–Crippen LogP) is 2.16. The molecule has 3 aromatic heterocycles. The summed E-state index contributed by atoms with van der Waals surface area (Å²) >= 11 is 0. The van der Waals surface area contributed by atoms with Crippen LogP contribution in [0.5, 0.6) is 0 Å². The van der Waals surface area contributed by atoms with E-state index < -0.39 is 11.2 Å². The number of hydrogen-bond donors (Lipinski definition) is 2. The van der Waals surface area contributed by atoms with Gasteiger partial charge in [-0.2, -0.15) is 5.10 Å². The van der Waals surface area contributed by atoms with E-state index in [1.165, 1.54) is 4.57 Å². The van der Waals surface area contributed by atoms with Crippen LogP contribution in [0.4, 0.5) is 0 Å². The summed E-state index contributed by atoms with van der Waals surface area (Å²) in [6, 6.07) is 11.4. The summed E-state index contributed by atoms with van der Waals surface area (Å²) in [4.78, 5) is 45.2. The molecular weight excluding hydrogens is 420 g/mol. The number of pyridine rings is 1. The molecule has 5 rings (SSSR count). The van der Waals surface area contributed by atoms with Crippen LogP contribution in [0.3, 0.4) is 0 Å². The Kier molecular flexibility index (Phi) is 5.37. The van der Waals surface area contributed by atoms with Gasteiger partial charge in [0, 0.05) is 37.1 Å². The summed E-state index contributed by atoms with van der Waals surface area (Å²) in [5, 5.41) is 7.35. The fraction of sp³-hybridized carbons (Fsp3) is 0.292. The summed E-state index contributed by atoms with van der Waals surface area (Å²) in [5.74, 6) is -0.111. The van der Waals surface area contributed by atoms with Crippen LogP contribution in [-0.4, -0.2) is 30.2 Å². The van der Waals surface area contributed by atoms with Crippen LogP contribution in [0, 0.1) is 0 Å². The number of amides is 1. The van der Waals surface area contributed by atoms with Crippen LogP contribution in [0.15, 0.2) is 58.4 Å². The Labute approximate surface area is 189 Å². The normalized spacial score (nSPS) is 13.4. The quantitative estimate of drug-likeness (QED) is 0.453. The number of nitrogens with zero attached hydrogens (tertiary/aromatic N) is 4. The molecule has 33 heavy (non-hydrogen) atoms. The Morgan fingerprint density at radius 1 is 1.18 bits per heavy atom. The van der Waals surface area contributed by atoms with Gasteiger partial charge in [0.05, 0.1) is 17.5 Å². The lowest BCUT2D eigenvalue weighted by Gasteiger charge is -2.14. The minimum atomic E-state index is -0.598. The largest absolute Gasteiger partial charge is 0.348 e. The first-order chi connectivity index (χ1) is 16.0. The second-order valence-electron chi connectivity index (χ2n) is 8.23. The topological polar surface area (TPSA) is 115 Å². The molecule has 1 aliphatic rings. The van der Waals surface area contributed by atoms with Crippen molar-refractivity contribution in [3.63, 3.8) is 0 Å². The molecule has 1 aliphatic carbocycles. The van der Waals surface area contributed by atoms with Crippen molar-refractivity contribution in [2.24, 2.45) is 0 Å². The molecule has 0 aliphatic heterocycles. The van der Waals surface area contributed by atoms with Crippen molar-refractivity contribution in [3.05, 3.63) is 92.0 Å². The van der Waals surface area contributed by atoms with Crippen molar-refractivity contribution in [2.75, 3.05) is 0 Å². The summed E-state index contributed by atoms with van der Waals surface area (Å²) < 4.78 is 3.22. The number of aromatic nitrogens is 5. The summed E-state index contributed by atoms with van der Waals surface area (Å²) in [7, 11) is 0. The van der Waals surface area contributed by atoms with E-state index in [2.05, 4.69) is 20.4 Å². The van der Waals surface area contributed by atoms with Gasteiger partial charge in [-0.05, 0) is 43.0 Å². The van der Waals surface area contributed by atoms with Crippen LogP contribution < -0.4 is 16.6 Å². The number of H-pyrrole nitrogens is 1. The van der Waals surface area contributed by atoms with E-state index in [1.807, 2.05) is 41.2 Å². The molecule has 0 atom stereocenters. The third-order valence-electron chi connectivity index (χ3n) is 5.97. The summed E-state index contributed by atoms with van der Waals surface area (Å²) in [6.45, 7) is 3.03. The summed E-state index contributed by atoms with van der Waals surface area (Å²) in [6.07, 6.45) is 5.58. The molecule has 0 unspecified atom stereocenters. The highest BCUT2D eigenvalue weighted by molar-refractivity contribution is 6.05. The number of rotatable bonds is 7. The Hall–Kier alpha value is -4.01. The van der Waals surface area contributed by atoms with Crippen molar-refractivity contribution in [3.8, 4) is 0 Å². The minimum Gasteiger partial charge on any atom is -0.348 e. The van der Waals surface area contributed by atoms with Crippen LogP contribution in [0.1, 0.15) is 52.9 Å². The Balaban J connectivity index is 1.50. The predicted molar refractivity (Wildman–Crippen MR) is 123 cm³/mol. The van der Waals surface area contributed by atoms with Gasteiger partial charge in [0.2, 0.25) is 0 Å². The van der Waals surface area contributed by atoms with Gasteiger partial charge >= 0.3 is 5.69 Å². The molecule has 9 heteroatoms. The Morgan fingerprint density at radius 3 is 2.67 bits per heavy atom. The number of aromatic amines is 1. The van der Waals surface area contributed by atoms with E-state index in [0.29, 0.717) is 19.6 Å². The molecule has 0 bridgehead atoms. The smallest absolute Gasteiger partial charge is 0.329 e. The lowest BCUT2D eigenvalue weighted by molar-refractivity contribution is 0.0952. The highest BCUT2D eigenvalue weighted by Gasteiger charge is 2.28. The van der Waals surface area contributed by atoms with Crippen LogP contribution in [0.25, 0.3) is 11.0 Å². The first-order valence-electron chi connectivity index (χ1n) is 11.0. The maximum Gasteiger partial charge on any atom is 0.329 e. The molecule has 168 valence electrons. The van der Waals surface area contributed by atoms with E-state index in [0.717, 1.165) is 29.7 Å². The van der Waals surface area contributed by atoms with Gasteiger partial charge in [-0.1, -0.05) is 24.3 Å². The molecule has 1 fully saturated rings. The van der Waals surface area contributed by atoms with Crippen molar-refractivity contribution >= 4 is 16.9 Å². The second kappa shape index (κ2) is 8.50. The maximum absolute atomic E-state index is 13.3. The summed E-state index contributed by atoms with van der Waals surface area (Å²) in [5.41, 5.74) is 2.14. The molecule has 3 heterocycles. The van der Waals surface area contributed by atoms with Gasteiger partial charge in [-0.25, -0.2) is 9.78 Å². The van der Waals surface area contributed by atoms with E-state index in [1.54, 1.807) is 19.2 Å². The number of hydrogen-bond acceptors (Lipinski definition) is 5.